The van der Waals surface area contributed by atoms with Crippen LogP contribution in [0.15, 0.2) is 29.5 Å². The number of halogens is 2. The van der Waals surface area contributed by atoms with Crippen LogP contribution in [0.5, 0.6) is 5.88 Å². The summed E-state index contributed by atoms with van der Waals surface area (Å²) >= 11 is 1.22. The first-order valence-corrected chi connectivity index (χ1v) is 13.1. The van der Waals surface area contributed by atoms with Crippen LogP contribution in [0.1, 0.15) is 57.6 Å². The Morgan fingerprint density at radius 2 is 1.93 bits per heavy atom. The summed E-state index contributed by atoms with van der Waals surface area (Å²) in [5.41, 5.74) is 3.88. The molecule has 10 nitrogen and oxygen atoms in total. The summed E-state index contributed by atoms with van der Waals surface area (Å²) in [6, 6.07) is 2.16. The molecule has 1 aromatic carbocycles. The molecule has 2 amide bonds. The molecule has 214 valence electrons. The lowest BCUT2D eigenvalue weighted by Crippen LogP contribution is -2.54. The molecule has 13 heteroatoms. The number of hydrogen-bond donors (Lipinski definition) is 3. The fraction of sp³-hybridized carbons (Fsp3) is 0.444. The Bertz CT molecular complexity index is 1360. The second-order valence-electron chi connectivity index (χ2n) is 10.6. The number of aliphatic imine (C=N–C) groups is 1. The first kappa shape index (κ1) is 30.6. The normalized spacial score (nSPS) is 22.5. The molecule has 0 aliphatic carbocycles. The Labute approximate surface area is 235 Å². The molecule has 0 spiro atoms. The number of alkyl carbamates (subject to hydrolysis) is 1. The Kier molecular flexibility index (Phi) is 8.94. The number of terminal acetylenes is 1. The topological polar surface area (TPSA) is 141 Å². The second-order valence-corrected chi connectivity index (χ2v) is 12.2. The van der Waals surface area contributed by atoms with Crippen molar-refractivity contribution >= 4 is 34.6 Å². The van der Waals surface area contributed by atoms with E-state index < -0.39 is 45.4 Å². The van der Waals surface area contributed by atoms with Crippen LogP contribution in [-0.4, -0.2) is 50.6 Å². The molecule has 3 rings (SSSR count). The molecule has 0 saturated heterocycles. The van der Waals surface area contributed by atoms with Crippen molar-refractivity contribution in [2.45, 2.75) is 57.4 Å². The lowest BCUT2D eigenvalue weighted by Gasteiger charge is -2.47. The van der Waals surface area contributed by atoms with E-state index in [1.807, 2.05) is 13.8 Å². The fourth-order valence-corrected chi connectivity index (χ4v) is 5.43. The molecule has 1 aliphatic heterocycles. The first-order chi connectivity index (χ1) is 18.6. The minimum Gasteiger partial charge on any atom is -0.463 e. The lowest BCUT2D eigenvalue weighted by atomic mass is 9.73. The van der Waals surface area contributed by atoms with Gasteiger partial charge in [-0.05, 0) is 40.7 Å². The summed E-state index contributed by atoms with van der Waals surface area (Å²) in [5.74, 6) is -1.10. The summed E-state index contributed by atoms with van der Waals surface area (Å²) in [6.45, 7) is 10.6. The van der Waals surface area contributed by atoms with Crippen LogP contribution >= 0.6 is 11.8 Å². The molecule has 2 heterocycles. The van der Waals surface area contributed by atoms with Gasteiger partial charge in [0.15, 0.2) is 23.4 Å². The maximum atomic E-state index is 15.3. The van der Waals surface area contributed by atoms with E-state index in [9.17, 15) is 14.0 Å². The van der Waals surface area contributed by atoms with E-state index >= 15 is 4.39 Å². The van der Waals surface area contributed by atoms with E-state index in [0.29, 0.717) is 0 Å². The van der Waals surface area contributed by atoms with Gasteiger partial charge in [-0.3, -0.25) is 9.79 Å². The predicted molar refractivity (Wildman–Crippen MR) is 149 cm³/mol. The van der Waals surface area contributed by atoms with E-state index in [4.69, 9.17) is 21.6 Å². The number of thioether (sulfide) groups is 1. The molecular weight excluding hydrogens is 542 g/mol. The third kappa shape index (κ3) is 6.98. The number of nitrogens with zero attached hydrogens (tertiary/aromatic N) is 3. The maximum absolute atomic E-state index is 15.3. The molecule has 1 aliphatic rings. The number of ether oxygens (including phenoxy) is 2. The highest BCUT2D eigenvalue weighted by molar-refractivity contribution is 8.15. The summed E-state index contributed by atoms with van der Waals surface area (Å²) < 4.78 is 39.9. The van der Waals surface area contributed by atoms with Gasteiger partial charge in [0.25, 0.3) is 5.91 Å². The van der Waals surface area contributed by atoms with Gasteiger partial charge in [-0.15, -0.1) is 6.42 Å². The molecule has 1 unspecified atom stereocenters. The molecule has 0 radical (unpaired) electrons. The smallest absolute Gasteiger partial charge is 0.407 e. The Morgan fingerprint density at radius 3 is 2.52 bits per heavy atom. The van der Waals surface area contributed by atoms with Crippen molar-refractivity contribution in [3.63, 3.8) is 0 Å². The molecule has 1 aromatic heterocycles. The minimum absolute atomic E-state index is 0.0172. The first-order valence-electron chi connectivity index (χ1n) is 12.3. The van der Waals surface area contributed by atoms with Crippen LogP contribution in [0, 0.1) is 29.9 Å². The van der Waals surface area contributed by atoms with Gasteiger partial charge in [0, 0.05) is 34.5 Å². The molecule has 40 heavy (non-hydrogen) atoms. The van der Waals surface area contributed by atoms with Gasteiger partial charge in [0.05, 0.1) is 17.9 Å². The molecule has 0 fully saturated rings. The minimum atomic E-state index is -1.36. The van der Waals surface area contributed by atoms with Crippen molar-refractivity contribution in [3.05, 3.63) is 47.4 Å². The summed E-state index contributed by atoms with van der Waals surface area (Å²) in [4.78, 5) is 37.5. The monoisotopic (exact) mass is 574 g/mol. The van der Waals surface area contributed by atoms with Gasteiger partial charge in [-0.25, -0.2) is 23.5 Å². The van der Waals surface area contributed by atoms with Crippen molar-refractivity contribution in [1.29, 1.82) is 0 Å². The van der Waals surface area contributed by atoms with Crippen LogP contribution in [-0.2, 0) is 10.3 Å². The van der Waals surface area contributed by atoms with Crippen LogP contribution < -0.4 is 21.1 Å². The number of carbonyl (C=O) groups is 2. The highest BCUT2D eigenvalue weighted by Crippen LogP contribution is 2.50. The van der Waals surface area contributed by atoms with Gasteiger partial charge >= 0.3 is 6.09 Å². The van der Waals surface area contributed by atoms with Crippen LogP contribution in [0.3, 0.4) is 0 Å². The number of nitrogens with two attached hydrogens (primary N) is 1. The number of benzene rings is 1. The van der Waals surface area contributed by atoms with Gasteiger partial charge in [0.1, 0.15) is 11.3 Å². The zero-order valence-electron chi connectivity index (χ0n) is 23.1. The SMILES string of the molecule is C#CCOc1cnc(C(=O)Nc2cc(F)c(F)c([C@@]3(C)N=C(N)S[C@](C)(CNC(=O)OC(C)(C)C)C3C)c2)cn1. The second kappa shape index (κ2) is 11.7. The summed E-state index contributed by atoms with van der Waals surface area (Å²) in [6.07, 6.45) is 6.90. The Hall–Kier alpha value is -3.92. The highest BCUT2D eigenvalue weighted by atomic mass is 32.2. The number of aromatic nitrogens is 2. The van der Waals surface area contributed by atoms with Crippen molar-refractivity contribution in [2.75, 3.05) is 18.5 Å². The quantitative estimate of drug-likeness (QED) is 0.418. The number of amides is 2. The van der Waals surface area contributed by atoms with Crippen molar-refractivity contribution in [1.82, 2.24) is 15.3 Å². The lowest BCUT2D eigenvalue weighted by molar-refractivity contribution is 0.0515. The zero-order chi connectivity index (χ0) is 29.9. The summed E-state index contributed by atoms with van der Waals surface area (Å²) in [5, 5.41) is 5.38. The Balaban J connectivity index is 1.89. The number of nitrogens with one attached hydrogen (secondary N) is 2. The van der Waals surface area contributed by atoms with Crippen molar-refractivity contribution in [2.24, 2.45) is 16.6 Å². The van der Waals surface area contributed by atoms with Crippen LogP contribution in [0.4, 0.5) is 19.3 Å². The van der Waals surface area contributed by atoms with Crippen LogP contribution in [0.25, 0.3) is 0 Å². The maximum Gasteiger partial charge on any atom is 0.407 e. The number of carbonyl (C=O) groups excluding carboxylic acids is 2. The Morgan fingerprint density at radius 1 is 1.23 bits per heavy atom. The number of anilines is 1. The van der Waals surface area contributed by atoms with E-state index in [0.717, 1.165) is 12.3 Å². The van der Waals surface area contributed by atoms with E-state index in [1.165, 1.54) is 24.0 Å². The molecule has 2 aromatic rings. The van der Waals surface area contributed by atoms with Gasteiger partial charge < -0.3 is 25.8 Å². The third-order valence-electron chi connectivity index (χ3n) is 6.42. The standard InChI is InChI=1S/C27H32F2N6O4S/c1-8-9-38-20-13-31-19(12-32-20)22(36)34-16-10-17(21(29)18(28)11-16)27(7)15(2)26(6,40-23(30)35-27)14-33-24(37)39-25(3,4)5/h1,10-13,15H,9,14H2,2-7H3,(H2,30,35)(H,33,37)(H,34,36)/t15?,26-,27+/m1/s1. The molecule has 0 saturated carbocycles. The van der Waals surface area contributed by atoms with Crippen molar-refractivity contribution < 1.29 is 27.8 Å². The van der Waals surface area contributed by atoms with Gasteiger partial charge in [0.2, 0.25) is 5.88 Å². The third-order valence-corrected chi connectivity index (χ3v) is 7.68. The number of amidine groups is 1. The highest BCUT2D eigenvalue weighted by Gasteiger charge is 2.50. The molecular formula is C27H32F2N6O4S. The molecule has 4 N–H and O–H groups in total. The van der Waals surface area contributed by atoms with E-state index in [2.05, 4.69) is 31.5 Å². The van der Waals surface area contributed by atoms with Gasteiger partial charge in [-0.1, -0.05) is 24.6 Å². The number of rotatable bonds is 7. The van der Waals surface area contributed by atoms with E-state index in [-0.39, 0.29) is 41.1 Å². The average molecular weight is 575 g/mol. The average Bonchev–Trinajstić information content (AvgIpc) is 2.86. The van der Waals surface area contributed by atoms with Gasteiger partial charge in [-0.2, -0.15) is 0 Å². The molecule has 0 bridgehead atoms. The predicted octanol–water partition coefficient (Wildman–Crippen LogP) is 4.22. The fourth-order valence-electron chi connectivity index (χ4n) is 4.16. The van der Waals surface area contributed by atoms with Crippen LogP contribution in [0.2, 0.25) is 0 Å². The number of hydrogen-bond acceptors (Lipinski definition) is 9. The largest absolute Gasteiger partial charge is 0.463 e. The van der Waals surface area contributed by atoms with Crippen molar-refractivity contribution in [3.8, 4) is 18.2 Å². The molecule has 3 atom stereocenters. The zero-order valence-corrected chi connectivity index (χ0v) is 23.9. The van der Waals surface area contributed by atoms with E-state index in [1.54, 1.807) is 27.7 Å². The summed E-state index contributed by atoms with van der Waals surface area (Å²) in [7, 11) is 0.